The molecule has 0 aromatic rings. The number of carbonyl (C=O) groups excluding carboxylic acids is 2. The maximum Gasteiger partial charge on any atom is 0.159 e. The van der Waals surface area contributed by atoms with Crippen LogP contribution >= 0.6 is 0 Å². The topological polar surface area (TPSA) is 77.4 Å². The summed E-state index contributed by atoms with van der Waals surface area (Å²) >= 11 is 0. The van der Waals surface area contributed by atoms with Gasteiger partial charge in [0, 0.05) is 17.3 Å². The molecular formula is C31H47O4-. The van der Waals surface area contributed by atoms with Gasteiger partial charge in [0.25, 0.3) is 0 Å². The zero-order valence-corrected chi connectivity index (χ0v) is 23.3. The Hall–Kier alpha value is -1.16. The molecule has 0 saturated heterocycles. The van der Waals surface area contributed by atoms with Gasteiger partial charge in [-0.15, -0.1) is 0 Å². The maximum absolute atomic E-state index is 14.3. The Bertz CT molecular complexity index is 1010. The third kappa shape index (κ3) is 2.84. The average molecular weight is 484 g/mol. The molecule has 0 aromatic carbocycles. The monoisotopic (exact) mass is 483 g/mol. The number of ketones is 1. The lowest BCUT2D eigenvalue weighted by molar-refractivity contribution is -0.323. The highest BCUT2D eigenvalue weighted by atomic mass is 16.4. The first-order valence-corrected chi connectivity index (χ1v) is 14.1. The van der Waals surface area contributed by atoms with Crippen LogP contribution in [0.4, 0.5) is 0 Å². The summed E-state index contributed by atoms with van der Waals surface area (Å²) in [5.74, 6) is -0.431. The molecule has 5 aliphatic rings. The Labute approximate surface area is 212 Å². The van der Waals surface area contributed by atoms with E-state index in [4.69, 9.17) is 0 Å². The highest BCUT2D eigenvalue weighted by molar-refractivity contribution is 5.96. The standard InChI is InChI=1S/C31H48O4/c1-25(2)20-9-12-30(7)23(28(20,5)11-10-22(25)33)19(32)17-21-29(30,6)16-15-27(4)14-13-26(3,24(34)35)18-31(21,27)8/h17,20,22-23,33H,9-16,18H2,1-8H3,(H,34,35)/p-1/t20-,22-,23+,26-,27+,28-,29+,30+,31-/m0/s1. The van der Waals surface area contributed by atoms with Crippen LogP contribution in [0.1, 0.15) is 113 Å². The van der Waals surface area contributed by atoms with E-state index < -0.39 is 11.4 Å². The Morgan fingerprint density at radius 1 is 0.886 bits per heavy atom. The number of aliphatic carboxylic acids is 1. The minimum Gasteiger partial charge on any atom is -0.550 e. The number of aliphatic hydroxyl groups is 1. The Balaban J connectivity index is 1.66. The van der Waals surface area contributed by atoms with E-state index >= 15 is 0 Å². The number of carboxylic acid groups (broad SMARTS) is 1. The summed E-state index contributed by atoms with van der Waals surface area (Å²) in [6.07, 6.45) is 9.55. The molecule has 5 aliphatic carbocycles. The van der Waals surface area contributed by atoms with Crippen LogP contribution < -0.4 is 5.11 Å². The highest BCUT2D eigenvalue weighted by Crippen LogP contribution is 2.77. The van der Waals surface area contributed by atoms with E-state index in [1.165, 1.54) is 5.57 Å². The van der Waals surface area contributed by atoms with Crippen LogP contribution in [0, 0.1) is 49.7 Å². The van der Waals surface area contributed by atoms with Crippen molar-refractivity contribution in [1.29, 1.82) is 0 Å². The summed E-state index contributed by atoms with van der Waals surface area (Å²) in [4.78, 5) is 26.6. The molecule has 196 valence electrons. The predicted molar refractivity (Wildman–Crippen MR) is 135 cm³/mol. The van der Waals surface area contributed by atoms with Crippen LogP contribution in [0.25, 0.3) is 0 Å². The van der Waals surface area contributed by atoms with Crippen LogP contribution in [0.2, 0.25) is 0 Å². The van der Waals surface area contributed by atoms with Gasteiger partial charge in [0.1, 0.15) is 0 Å². The normalized spacial score (nSPS) is 55.1. The summed E-state index contributed by atoms with van der Waals surface area (Å²) in [7, 11) is 0. The molecule has 4 fully saturated rings. The van der Waals surface area contributed by atoms with Crippen molar-refractivity contribution in [1.82, 2.24) is 0 Å². The van der Waals surface area contributed by atoms with Crippen molar-refractivity contribution in [2.45, 2.75) is 119 Å². The van der Waals surface area contributed by atoms with Gasteiger partial charge in [-0.05, 0) is 102 Å². The molecule has 0 aromatic heterocycles. The molecule has 0 aliphatic heterocycles. The molecule has 0 radical (unpaired) electrons. The summed E-state index contributed by atoms with van der Waals surface area (Å²) in [6, 6.07) is 0. The first-order valence-electron chi connectivity index (χ1n) is 14.1. The molecule has 4 heteroatoms. The molecule has 9 atom stereocenters. The van der Waals surface area contributed by atoms with E-state index in [1.54, 1.807) is 0 Å². The molecule has 0 heterocycles. The van der Waals surface area contributed by atoms with Gasteiger partial charge in [0.05, 0.1) is 6.10 Å². The van der Waals surface area contributed by atoms with Gasteiger partial charge < -0.3 is 15.0 Å². The van der Waals surface area contributed by atoms with Crippen molar-refractivity contribution in [3.05, 3.63) is 11.6 Å². The zero-order valence-electron chi connectivity index (χ0n) is 23.3. The second kappa shape index (κ2) is 7.03. The van der Waals surface area contributed by atoms with Crippen LogP contribution in [0.3, 0.4) is 0 Å². The fourth-order valence-electron chi connectivity index (χ4n) is 11.0. The van der Waals surface area contributed by atoms with Gasteiger partial charge in [-0.3, -0.25) is 4.79 Å². The summed E-state index contributed by atoms with van der Waals surface area (Å²) in [5, 5.41) is 23.2. The van der Waals surface area contributed by atoms with Crippen LogP contribution in [0.5, 0.6) is 0 Å². The Morgan fingerprint density at radius 2 is 1.51 bits per heavy atom. The predicted octanol–water partition coefficient (Wildman–Crippen LogP) is 5.47. The number of hydrogen-bond acceptors (Lipinski definition) is 4. The number of carbonyl (C=O) groups is 2. The van der Waals surface area contributed by atoms with Crippen molar-refractivity contribution >= 4 is 11.8 Å². The molecule has 5 rings (SSSR count). The maximum atomic E-state index is 14.3. The first-order chi connectivity index (χ1) is 15.9. The summed E-state index contributed by atoms with van der Waals surface area (Å²) in [5.41, 5.74) is -0.615. The fourth-order valence-corrected chi connectivity index (χ4v) is 11.0. The summed E-state index contributed by atoms with van der Waals surface area (Å²) in [6.45, 7) is 18.0. The fraction of sp³-hybridized carbons (Fsp3) is 0.871. The van der Waals surface area contributed by atoms with Gasteiger partial charge >= 0.3 is 0 Å². The largest absolute Gasteiger partial charge is 0.550 e. The van der Waals surface area contributed by atoms with Crippen LogP contribution in [-0.4, -0.2) is 23.0 Å². The van der Waals surface area contributed by atoms with Gasteiger partial charge in [-0.1, -0.05) is 61.0 Å². The number of rotatable bonds is 1. The van der Waals surface area contributed by atoms with Gasteiger partial charge in [0.2, 0.25) is 0 Å². The van der Waals surface area contributed by atoms with E-state index in [0.29, 0.717) is 18.8 Å². The zero-order chi connectivity index (χ0) is 26.0. The van der Waals surface area contributed by atoms with E-state index in [1.807, 2.05) is 13.0 Å². The van der Waals surface area contributed by atoms with E-state index in [2.05, 4.69) is 48.5 Å². The molecule has 4 saturated carbocycles. The minimum atomic E-state index is -0.948. The van der Waals surface area contributed by atoms with Crippen molar-refractivity contribution in [2.75, 3.05) is 0 Å². The van der Waals surface area contributed by atoms with Crippen molar-refractivity contribution in [3.8, 4) is 0 Å². The Kier molecular flexibility index (Phi) is 5.12. The lowest BCUT2D eigenvalue weighted by Gasteiger charge is -2.72. The van der Waals surface area contributed by atoms with E-state index in [-0.39, 0.29) is 50.3 Å². The molecule has 0 spiro atoms. The van der Waals surface area contributed by atoms with Gasteiger partial charge in [0.15, 0.2) is 5.78 Å². The third-order valence-corrected chi connectivity index (χ3v) is 13.8. The molecular weight excluding hydrogens is 436 g/mol. The molecule has 1 N–H and O–H groups in total. The first kappa shape index (κ1) is 25.5. The highest BCUT2D eigenvalue weighted by Gasteiger charge is 2.72. The second-order valence-corrected chi connectivity index (χ2v) is 15.5. The number of fused-ring (bicyclic) bond motifs is 7. The second-order valence-electron chi connectivity index (χ2n) is 15.5. The van der Waals surface area contributed by atoms with E-state index in [0.717, 1.165) is 44.9 Å². The smallest absolute Gasteiger partial charge is 0.159 e. The lowest BCUT2D eigenvalue weighted by Crippen LogP contribution is -2.68. The lowest BCUT2D eigenvalue weighted by atomic mass is 9.31. The summed E-state index contributed by atoms with van der Waals surface area (Å²) < 4.78 is 0. The average Bonchev–Trinajstić information content (AvgIpc) is 2.74. The van der Waals surface area contributed by atoms with Crippen LogP contribution in [-0.2, 0) is 9.59 Å². The third-order valence-electron chi connectivity index (χ3n) is 13.8. The quantitative estimate of drug-likeness (QED) is 0.537. The molecule has 0 amide bonds. The number of aliphatic hydroxyl groups excluding tert-OH is 1. The Morgan fingerprint density at radius 3 is 2.14 bits per heavy atom. The van der Waals surface area contributed by atoms with E-state index in [9.17, 15) is 19.8 Å². The minimum absolute atomic E-state index is 0.00514. The molecule has 0 unspecified atom stereocenters. The SMILES string of the molecule is CC1(C)[C@@H](O)CC[C@]2(C)[C@H]3C(=O)C=C4[C@]5(C)C[C@@](C)(C(=O)[O-])CC[C@]5(C)CC[C@@]4(C)[C@]3(C)CC[C@@H]12. The molecule has 0 bridgehead atoms. The molecule has 4 nitrogen and oxygen atoms in total. The molecule has 35 heavy (non-hydrogen) atoms. The number of allylic oxidation sites excluding steroid dienone is 2. The van der Waals surface area contributed by atoms with Crippen molar-refractivity contribution in [2.24, 2.45) is 49.7 Å². The van der Waals surface area contributed by atoms with Crippen LogP contribution in [0.15, 0.2) is 11.6 Å². The number of hydrogen-bond donors (Lipinski definition) is 1. The van der Waals surface area contributed by atoms with Gasteiger partial charge in [-0.2, -0.15) is 0 Å². The van der Waals surface area contributed by atoms with Crippen molar-refractivity contribution in [3.63, 3.8) is 0 Å². The van der Waals surface area contributed by atoms with Gasteiger partial charge in [-0.25, -0.2) is 0 Å². The number of carboxylic acids is 1. The van der Waals surface area contributed by atoms with Crippen molar-refractivity contribution < 1.29 is 19.8 Å².